The summed E-state index contributed by atoms with van der Waals surface area (Å²) in [4.78, 5) is 24.2. The third kappa shape index (κ3) is 5.56. The Morgan fingerprint density at radius 1 is 1.16 bits per heavy atom. The maximum atomic E-state index is 12.3. The van der Waals surface area contributed by atoms with E-state index in [0.717, 1.165) is 11.1 Å². The monoisotopic (exact) mass is 379 g/mol. The van der Waals surface area contributed by atoms with Gasteiger partial charge in [0.1, 0.15) is 0 Å². The Bertz CT molecular complexity index is 702. The molecular weight excluding hydrogens is 358 g/mol. The van der Waals surface area contributed by atoms with Gasteiger partial charge in [-0.2, -0.15) is 11.3 Å². The predicted octanol–water partition coefficient (Wildman–Crippen LogP) is 2.71. The number of amides is 2. The largest absolute Gasteiger partial charge is 0.346 e. The van der Waals surface area contributed by atoms with E-state index in [2.05, 4.69) is 10.6 Å². The Balaban J connectivity index is 2.03. The van der Waals surface area contributed by atoms with Crippen LogP contribution in [-0.2, 0) is 9.59 Å². The van der Waals surface area contributed by atoms with Crippen LogP contribution in [0.15, 0.2) is 41.1 Å². The van der Waals surface area contributed by atoms with Gasteiger partial charge in [-0.1, -0.05) is 37.6 Å². The zero-order valence-electron chi connectivity index (χ0n) is 14.2. The van der Waals surface area contributed by atoms with E-state index in [0.29, 0.717) is 5.02 Å². The maximum Gasteiger partial charge on any atom is 0.240 e. The SMILES string of the molecule is CC(C)[C@H](N)C(=O)NCC(=O)NC(c1ccc(Cl)cc1)c1ccsc1. The first kappa shape index (κ1) is 19.4. The summed E-state index contributed by atoms with van der Waals surface area (Å²) in [5.74, 6) is -0.602. The molecule has 1 aromatic heterocycles. The molecule has 134 valence electrons. The van der Waals surface area contributed by atoms with Gasteiger partial charge in [-0.3, -0.25) is 9.59 Å². The van der Waals surface area contributed by atoms with Crippen molar-refractivity contribution in [2.45, 2.75) is 25.9 Å². The molecule has 25 heavy (non-hydrogen) atoms. The molecule has 5 nitrogen and oxygen atoms in total. The summed E-state index contributed by atoms with van der Waals surface area (Å²) < 4.78 is 0. The average Bonchev–Trinajstić information content (AvgIpc) is 3.12. The van der Waals surface area contributed by atoms with Crippen molar-refractivity contribution in [3.8, 4) is 0 Å². The van der Waals surface area contributed by atoms with Crippen LogP contribution in [0.3, 0.4) is 0 Å². The number of halogens is 1. The number of benzene rings is 1. The molecule has 2 amide bonds. The lowest BCUT2D eigenvalue weighted by atomic mass is 10.0. The molecule has 7 heteroatoms. The minimum absolute atomic E-state index is 0.00989. The fourth-order valence-electron chi connectivity index (χ4n) is 2.25. The number of carbonyl (C=O) groups excluding carboxylic acids is 2. The van der Waals surface area contributed by atoms with Crippen LogP contribution in [0, 0.1) is 5.92 Å². The molecule has 0 spiro atoms. The number of hydrogen-bond acceptors (Lipinski definition) is 4. The molecule has 0 saturated heterocycles. The quantitative estimate of drug-likeness (QED) is 0.691. The summed E-state index contributed by atoms with van der Waals surface area (Å²) in [6.45, 7) is 3.60. The van der Waals surface area contributed by atoms with Gasteiger partial charge in [0, 0.05) is 5.02 Å². The van der Waals surface area contributed by atoms with Gasteiger partial charge in [0.25, 0.3) is 0 Å². The summed E-state index contributed by atoms with van der Waals surface area (Å²) >= 11 is 7.50. The van der Waals surface area contributed by atoms with Gasteiger partial charge in [0.05, 0.1) is 18.6 Å². The van der Waals surface area contributed by atoms with E-state index in [1.54, 1.807) is 23.5 Å². The van der Waals surface area contributed by atoms with Crippen LogP contribution in [0.2, 0.25) is 5.02 Å². The molecule has 1 aromatic carbocycles. The van der Waals surface area contributed by atoms with E-state index in [1.807, 2.05) is 42.8 Å². The smallest absolute Gasteiger partial charge is 0.240 e. The molecule has 0 bridgehead atoms. The highest BCUT2D eigenvalue weighted by molar-refractivity contribution is 7.08. The van der Waals surface area contributed by atoms with E-state index in [9.17, 15) is 9.59 Å². The third-order valence-electron chi connectivity index (χ3n) is 3.83. The highest BCUT2D eigenvalue weighted by atomic mass is 35.5. The molecule has 0 aliphatic heterocycles. The third-order valence-corrected chi connectivity index (χ3v) is 4.78. The van der Waals surface area contributed by atoms with E-state index >= 15 is 0 Å². The Kier molecular flexibility index (Phi) is 6.99. The molecule has 1 heterocycles. The Hall–Kier alpha value is -1.89. The average molecular weight is 380 g/mol. The summed E-state index contributed by atoms with van der Waals surface area (Å²) in [6.07, 6.45) is 0. The fourth-order valence-corrected chi connectivity index (χ4v) is 3.07. The van der Waals surface area contributed by atoms with Crippen molar-refractivity contribution in [1.29, 1.82) is 0 Å². The van der Waals surface area contributed by atoms with Gasteiger partial charge >= 0.3 is 0 Å². The number of carbonyl (C=O) groups is 2. The molecule has 0 fully saturated rings. The normalized spacial score (nSPS) is 13.3. The zero-order chi connectivity index (χ0) is 18.4. The van der Waals surface area contributed by atoms with Crippen molar-refractivity contribution in [2.75, 3.05) is 6.54 Å². The topological polar surface area (TPSA) is 84.2 Å². The Morgan fingerprint density at radius 3 is 2.40 bits per heavy atom. The van der Waals surface area contributed by atoms with Gasteiger partial charge in [-0.05, 0) is 46.0 Å². The predicted molar refractivity (Wildman–Crippen MR) is 102 cm³/mol. The van der Waals surface area contributed by atoms with Crippen LogP contribution in [0.1, 0.15) is 31.0 Å². The van der Waals surface area contributed by atoms with E-state index in [-0.39, 0.29) is 30.3 Å². The van der Waals surface area contributed by atoms with Crippen LogP contribution >= 0.6 is 22.9 Å². The molecule has 0 saturated carbocycles. The molecule has 0 radical (unpaired) electrons. The standard InChI is InChI=1S/C18H22ClN3O2S/c1-11(2)16(20)18(24)21-9-15(23)22-17(13-7-8-25-10-13)12-3-5-14(19)6-4-12/h3-8,10-11,16-17H,9,20H2,1-2H3,(H,21,24)(H,22,23)/t16-,17?/m0/s1. The van der Waals surface area contributed by atoms with Crippen molar-refractivity contribution >= 4 is 34.8 Å². The van der Waals surface area contributed by atoms with Gasteiger partial charge < -0.3 is 16.4 Å². The lowest BCUT2D eigenvalue weighted by Gasteiger charge is -2.20. The Morgan fingerprint density at radius 2 is 1.84 bits per heavy atom. The van der Waals surface area contributed by atoms with Crippen LogP contribution < -0.4 is 16.4 Å². The first-order valence-corrected chi connectivity index (χ1v) is 9.30. The zero-order valence-corrected chi connectivity index (χ0v) is 15.7. The second-order valence-electron chi connectivity index (χ2n) is 6.10. The molecule has 0 aliphatic carbocycles. The Labute approximate surface area is 156 Å². The van der Waals surface area contributed by atoms with Gasteiger partial charge in [-0.25, -0.2) is 0 Å². The van der Waals surface area contributed by atoms with Gasteiger partial charge in [-0.15, -0.1) is 0 Å². The van der Waals surface area contributed by atoms with Gasteiger partial charge in [0.2, 0.25) is 11.8 Å². The lowest BCUT2D eigenvalue weighted by molar-refractivity contribution is -0.127. The van der Waals surface area contributed by atoms with E-state index < -0.39 is 6.04 Å². The number of nitrogens with one attached hydrogen (secondary N) is 2. The molecule has 2 rings (SSSR count). The van der Waals surface area contributed by atoms with Crippen molar-refractivity contribution < 1.29 is 9.59 Å². The molecule has 2 atom stereocenters. The summed E-state index contributed by atoms with van der Waals surface area (Å²) in [6, 6.07) is 8.34. The van der Waals surface area contributed by atoms with E-state index in [4.69, 9.17) is 17.3 Å². The van der Waals surface area contributed by atoms with Crippen LogP contribution in [0.5, 0.6) is 0 Å². The molecule has 0 aliphatic rings. The fraction of sp³-hybridized carbons (Fsp3) is 0.333. The first-order chi connectivity index (χ1) is 11.9. The second kappa shape index (κ2) is 8.99. The minimum atomic E-state index is -0.628. The van der Waals surface area contributed by atoms with Crippen molar-refractivity contribution in [1.82, 2.24) is 10.6 Å². The molecule has 4 N–H and O–H groups in total. The lowest BCUT2D eigenvalue weighted by Crippen LogP contribution is -2.47. The number of rotatable bonds is 7. The highest BCUT2D eigenvalue weighted by Crippen LogP contribution is 2.25. The molecular formula is C18H22ClN3O2S. The van der Waals surface area contributed by atoms with Gasteiger partial charge in [0.15, 0.2) is 0 Å². The summed E-state index contributed by atoms with van der Waals surface area (Å²) in [7, 11) is 0. The summed E-state index contributed by atoms with van der Waals surface area (Å²) in [5.41, 5.74) is 7.67. The molecule has 1 unspecified atom stereocenters. The summed E-state index contributed by atoms with van der Waals surface area (Å²) in [5, 5.41) is 10.1. The minimum Gasteiger partial charge on any atom is -0.346 e. The van der Waals surface area contributed by atoms with Crippen LogP contribution in [0.4, 0.5) is 0 Å². The van der Waals surface area contributed by atoms with Crippen molar-refractivity contribution in [2.24, 2.45) is 11.7 Å². The second-order valence-corrected chi connectivity index (χ2v) is 7.31. The van der Waals surface area contributed by atoms with Crippen LogP contribution in [-0.4, -0.2) is 24.4 Å². The maximum absolute atomic E-state index is 12.3. The number of thiophene rings is 1. The van der Waals surface area contributed by atoms with Crippen molar-refractivity contribution in [3.05, 3.63) is 57.2 Å². The van der Waals surface area contributed by atoms with Crippen LogP contribution in [0.25, 0.3) is 0 Å². The van der Waals surface area contributed by atoms with Crippen molar-refractivity contribution in [3.63, 3.8) is 0 Å². The number of nitrogens with two attached hydrogens (primary N) is 1. The highest BCUT2D eigenvalue weighted by Gasteiger charge is 2.20. The van der Waals surface area contributed by atoms with E-state index in [1.165, 1.54) is 0 Å². The molecule has 2 aromatic rings. The first-order valence-electron chi connectivity index (χ1n) is 7.98. The number of hydrogen-bond donors (Lipinski definition) is 3.